The molecule has 2 aromatic carbocycles. The standard InChI is InChI=1S/C13H11Cl2FN2/c1-7-3-2-4-11(16)12(7)18-13-9(14)5-8(17)6-10(13)15/h2-6,18H,17H2,1H3. The predicted molar refractivity (Wildman–Crippen MR) is 75.3 cm³/mol. The summed E-state index contributed by atoms with van der Waals surface area (Å²) >= 11 is 12.1. The number of nitrogen functional groups attached to an aromatic ring is 1. The highest BCUT2D eigenvalue weighted by molar-refractivity contribution is 6.39. The molecule has 0 aliphatic heterocycles. The van der Waals surface area contributed by atoms with Gasteiger partial charge in [-0.1, -0.05) is 35.3 Å². The lowest BCUT2D eigenvalue weighted by Gasteiger charge is -2.14. The first-order valence-electron chi connectivity index (χ1n) is 5.25. The number of benzene rings is 2. The van der Waals surface area contributed by atoms with Crippen molar-refractivity contribution in [2.75, 3.05) is 11.1 Å². The van der Waals surface area contributed by atoms with Gasteiger partial charge in [0.1, 0.15) is 5.82 Å². The van der Waals surface area contributed by atoms with Crippen molar-refractivity contribution in [1.82, 2.24) is 0 Å². The van der Waals surface area contributed by atoms with Gasteiger partial charge < -0.3 is 11.1 Å². The van der Waals surface area contributed by atoms with E-state index < -0.39 is 0 Å². The quantitative estimate of drug-likeness (QED) is 0.780. The van der Waals surface area contributed by atoms with Crippen LogP contribution >= 0.6 is 23.2 Å². The Balaban J connectivity index is 2.47. The van der Waals surface area contributed by atoms with E-state index in [1.165, 1.54) is 6.07 Å². The average molecular weight is 285 g/mol. The first-order chi connectivity index (χ1) is 8.49. The van der Waals surface area contributed by atoms with Gasteiger partial charge in [0.2, 0.25) is 0 Å². The van der Waals surface area contributed by atoms with Gasteiger partial charge in [-0.2, -0.15) is 0 Å². The molecule has 0 bridgehead atoms. The zero-order chi connectivity index (χ0) is 13.3. The molecule has 18 heavy (non-hydrogen) atoms. The minimum atomic E-state index is -0.362. The second kappa shape index (κ2) is 5.04. The van der Waals surface area contributed by atoms with Crippen LogP contribution in [0.1, 0.15) is 5.56 Å². The number of nitrogens with one attached hydrogen (secondary N) is 1. The van der Waals surface area contributed by atoms with Gasteiger partial charge >= 0.3 is 0 Å². The summed E-state index contributed by atoms with van der Waals surface area (Å²) in [5, 5.41) is 3.61. The molecule has 0 saturated heterocycles. The van der Waals surface area contributed by atoms with Crippen LogP contribution in [0.5, 0.6) is 0 Å². The number of anilines is 3. The Morgan fingerprint density at radius 1 is 1.11 bits per heavy atom. The number of halogens is 3. The van der Waals surface area contributed by atoms with Crippen molar-refractivity contribution in [3.8, 4) is 0 Å². The molecule has 5 heteroatoms. The van der Waals surface area contributed by atoms with E-state index in [0.717, 1.165) is 5.56 Å². The summed E-state index contributed by atoms with van der Waals surface area (Å²) < 4.78 is 13.7. The van der Waals surface area contributed by atoms with Crippen molar-refractivity contribution in [3.63, 3.8) is 0 Å². The molecule has 0 unspecified atom stereocenters. The topological polar surface area (TPSA) is 38.0 Å². The van der Waals surface area contributed by atoms with Crippen LogP contribution in [0.4, 0.5) is 21.5 Å². The first kappa shape index (κ1) is 13.0. The maximum atomic E-state index is 13.7. The minimum absolute atomic E-state index is 0.350. The van der Waals surface area contributed by atoms with Gasteiger partial charge in [-0.15, -0.1) is 0 Å². The highest BCUT2D eigenvalue weighted by Crippen LogP contribution is 2.36. The van der Waals surface area contributed by atoms with E-state index in [0.29, 0.717) is 27.1 Å². The van der Waals surface area contributed by atoms with Crippen molar-refractivity contribution in [1.29, 1.82) is 0 Å². The fraction of sp³-hybridized carbons (Fsp3) is 0.0769. The Hall–Kier alpha value is -1.45. The summed E-state index contributed by atoms with van der Waals surface area (Å²) in [6, 6.07) is 7.93. The lowest BCUT2D eigenvalue weighted by atomic mass is 10.2. The SMILES string of the molecule is Cc1cccc(F)c1Nc1c(Cl)cc(N)cc1Cl. The second-order valence-electron chi connectivity index (χ2n) is 3.92. The zero-order valence-electron chi connectivity index (χ0n) is 9.60. The summed E-state index contributed by atoms with van der Waals surface area (Å²) in [5.74, 6) is -0.362. The van der Waals surface area contributed by atoms with Crippen molar-refractivity contribution in [2.24, 2.45) is 0 Å². The Morgan fingerprint density at radius 2 is 1.72 bits per heavy atom. The number of para-hydroxylation sites is 1. The van der Waals surface area contributed by atoms with Gasteiger partial charge in [-0.3, -0.25) is 0 Å². The van der Waals surface area contributed by atoms with Crippen LogP contribution in [-0.4, -0.2) is 0 Å². The third-order valence-corrected chi connectivity index (χ3v) is 3.13. The third-order valence-electron chi connectivity index (χ3n) is 2.54. The molecule has 2 rings (SSSR count). The molecule has 0 spiro atoms. The molecule has 0 saturated carbocycles. The van der Waals surface area contributed by atoms with Crippen molar-refractivity contribution in [3.05, 3.63) is 51.8 Å². The molecule has 0 amide bonds. The fourth-order valence-electron chi connectivity index (χ4n) is 1.63. The smallest absolute Gasteiger partial charge is 0.146 e. The Labute approximate surface area is 115 Å². The van der Waals surface area contributed by atoms with Crippen molar-refractivity contribution in [2.45, 2.75) is 6.92 Å². The predicted octanol–water partition coefficient (Wildman–Crippen LogP) is 4.77. The average Bonchev–Trinajstić information content (AvgIpc) is 2.26. The summed E-state index contributed by atoms with van der Waals surface area (Å²) in [6.07, 6.45) is 0. The minimum Gasteiger partial charge on any atom is -0.399 e. The molecular weight excluding hydrogens is 274 g/mol. The van der Waals surface area contributed by atoms with Crippen molar-refractivity contribution < 1.29 is 4.39 Å². The summed E-state index contributed by atoms with van der Waals surface area (Å²) in [4.78, 5) is 0. The lowest BCUT2D eigenvalue weighted by molar-refractivity contribution is 0.631. The van der Waals surface area contributed by atoms with E-state index >= 15 is 0 Å². The largest absolute Gasteiger partial charge is 0.399 e. The number of nitrogens with two attached hydrogens (primary N) is 1. The molecule has 0 aliphatic carbocycles. The molecule has 2 nitrogen and oxygen atoms in total. The van der Waals surface area contributed by atoms with Crippen LogP contribution in [0.25, 0.3) is 0 Å². The molecule has 0 atom stereocenters. The highest BCUT2D eigenvalue weighted by atomic mass is 35.5. The van der Waals surface area contributed by atoms with Crippen LogP contribution in [0.15, 0.2) is 30.3 Å². The molecule has 0 aromatic heterocycles. The Bertz CT molecular complexity index is 556. The fourth-order valence-corrected chi connectivity index (χ4v) is 2.23. The first-order valence-corrected chi connectivity index (χ1v) is 6.01. The Morgan fingerprint density at radius 3 is 2.28 bits per heavy atom. The van der Waals surface area contributed by atoms with E-state index in [1.807, 2.05) is 0 Å². The van der Waals surface area contributed by atoms with E-state index in [9.17, 15) is 4.39 Å². The van der Waals surface area contributed by atoms with Crippen LogP contribution < -0.4 is 11.1 Å². The monoisotopic (exact) mass is 284 g/mol. The molecule has 0 radical (unpaired) electrons. The van der Waals surface area contributed by atoms with Gasteiger partial charge in [-0.25, -0.2) is 4.39 Å². The lowest BCUT2D eigenvalue weighted by Crippen LogP contribution is -1.99. The summed E-state index contributed by atoms with van der Waals surface area (Å²) in [6.45, 7) is 1.80. The Kier molecular flexibility index (Phi) is 3.64. The summed E-state index contributed by atoms with van der Waals surface area (Å²) in [5.41, 5.74) is 7.63. The van der Waals surface area contributed by atoms with Gasteiger partial charge in [0.25, 0.3) is 0 Å². The van der Waals surface area contributed by atoms with Gasteiger partial charge in [0.15, 0.2) is 0 Å². The normalized spacial score (nSPS) is 10.4. The number of rotatable bonds is 2. The third kappa shape index (κ3) is 2.52. The molecule has 3 N–H and O–H groups in total. The number of hydrogen-bond acceptors (Lipinski definition) is 2. The van der Waals surface area contributed by atoms with E-state index in [-0.39, 0.29) is 5.82 Å². The van der Waals surface area contributed by atoms with Crippen LogP contribution in [-0.2, 0) is 0 Å². The van der Waals surface area contributed by atoms with Gasteiger partial charge in [-0.05, 0) is 30.7 Å². The van der Waals surface area contributed by atoms with E-state index in [2.05, 4.69) is 5.32 Å². The molecule has 2 aromatic rings. The number of aryl methyl sites for hydroxylation is 1. The maximum absolute atomic E-state index is 13.7. The molecule has 94 valence electrons. The van der Waals surface area contributed by atoms with Crippen LogP contribution in [0, 0.1) is 12.7 Å². The van der Waals surface area contributed by atoms with E-state index in [1.54, 1.807) is 31.2 Å². The number of hydrogen-bond donors (Lipinski definition) is 2. The molecule has 0 aliphatic rings. The van der Waals surface area contributed by atoms with Crippen molar-refractivity contribution >= 4 is 40.3 Å². The van der Waals surface area contributed by atoms with Crippen LogP contribution in [0.3, 0.4) is 0 Å². The second-order valence-corrected chi connectivity index (χ2v) is 4.73. The summed E-state index contributed by atoms with van der Waals surface area (Å²) in [7, 11) is 0. The highest BCUT2D eigenvalue weighted by Gasteiger charge is 2.11. The molecular formula is C13H11Cl2FN2. The van der Waals surface area contributed by atoms with E-state index in [4.69, 9.17) is 28.9 Å². The maximum Gasteiger partial charge on any atom is 0.146 e. The zero-order valence-corrected chi connectivity index (χ0v) is 11.1. The van der Waals surface area contributed by atoms with Gasteiger partial charge in [0, 0.05) is 5.69 Å². The van der Waals surface area contributed by atoms with Crippen LogP contribution in [0.2, 0.25) is 10.0 Å². The van der Waals surface area contributed by atoms with Gasteiger partial charge in [0.05, 0.1) is 21.4 Å². The molecule has 0 heterocycles. The molecule has 0 fully saturated rings.